The highest BCUT2D eigenvalue weighted by Gasteiger charge is 2.20. The van der Waals surface area contributed by atoms with Gasteiger partial charge in [-0.1, -0.05) is 13.8 Å². The predicted octanol–water partition coefficient (Wildman–Crippen LogP) is 2.65. The number of nitrogens with zero attached hydrogens (tertiary/aromatic N) is 2. The molecule has 122 valence electrons. The lowest BCUT2D eigenvalue weighted by Gasteiger charge is -2.23. The highest BCUT2D eigenvalue weighted by molar-refractivity contribution is 5.98. The van der Waals surface area contributed by atoms with Crippen LogP contribution in [0.3, 0.4) is 0 Å². The molecule has 1 amide bonds. The Bertz CT molecular complexity index is 731. The minimum atomic E-state index is -0.487. The molecule has 2 rings (SSSR count). The molecule has 0 aliphatic rings. The van der Waals surface area contributed by atoms with Gasteiger partial charge in [-0.05, 0) is 30.2 Å². The van der Waals surface area contributed by atoms with Crippen LogP contribution in [0.25, 0.3) is 10.9 Å². The van der Waals surface area contributed by atoms with E-state index >= 15 is 0 Å². The third kappa shape index (κ3) is 4.25. The van der Waals surface area contributed by atoms with Gasteiger partial charge in [-0.3, -0.25) is 14.6 Å². The molecule has 0 aliphatic heterocycles. The zero-order chi connectivity index (χ0) is 17.0. The standard InChI is InChI=1S/C17H19FN2O3/c1-11(2)9-20(10-16(21)23-3)17(22)13-6-12-7-14(18)4-5-15(12)19-8-13/h4-8,11H,9-10H2,1-3H3. The van der Waals surface area contributed by atoms with E-state index in [9.17, 15) is 14.0 Å². The van der Waals surface area contributed by atoms with E-state index in [1.54, 1.807) is 12.1 Å². The van der Waals surface area contributed by atoms with Crippen LogP contribution in [0, 0.1) is 11.7 Å². The molecule has 0 saturated carbocycles. The van der Waals surface area contributed by atoms with Crippen LogP contribution < -0.4 is 0 Å². The lowest BCUT2D eigenvalue weighted by atomic mass is 10.1. The molecule has 0 N–H and O–H groups in total. The van der Waals surface area contributed by atoms with Gasteiger partial charge in [0.2, 0.25) is 0 Å². The lowest BCUT2D eigenvalue weighted by Crippen LogP contribution is -2.38. The van der Waals surface area contributed by atoms with Gasteiger partial charge in [0.1, 0.15) is 12.4 Å². The fraction of sp³-hybridized carbons (Fsp3) is 0.353. The van der Waals surface area contributed by atoms with Crippen LogP contribution in [0.5, 0.6) is 0 Å². The molecule has 0 spiro atoms. The summed E-state index contributed by atoms with van der Waals surface area (Å²) in [6.45, 7) is 4.18. The van der Waals surface area contributed by atoms with E-state index in [1.807, 2.05) is 13.8 Å². The minimum Gasteiger partial charge on any atom is -0.468 e. The van der Waals surface area contributed by atoms with Crippen molar-refractivity contribution >= 4 is 22.8 Å². The molecule has 1 heterocycles. The van der Waals surface area contributed by atoms with E-state index in [1.165, 1.54) is 30.3 Å². The smallest absolute Gasteiger partial charge is 0.325 e. The van der Waals surface area contributed by atoms with Crippen molar-refractivity contribution in [3.05, 3.63) is 41.8 Å². The molecule has 0 saturated heterocycles. The number of carbonyl (C=O) groups excluding carboxylic acids is 2. The molecule has 0 aliphatic carbocycles. The SMILES string of the molecule is COC(=O)CN(CC(C)C)C(=O)c1cnc2ccc(F)cc2c1. The predicted molar refractivity (Wildman–Crippen MR) is 84.5 cm³/mol. The largest absolute Gasteiger partial charge is 0.468 e. The number of aromatic nitrogens is 1. The molecule has 0 fully saturated rings. The highest BCUT2D eigenvalue weighted by atomic mass is 19.1. The molecule has 0 radical (unpaired) electrons. The first kappa shape index (κ1) is 16.9. The van der Waals surface area contributed by atoms with Crippen LogP contribution in [0.1, 0.15) is 24.2 Å². The third-order valence-electron chi connectivity index (χ3n) is 3.31. The zero-order valence-corrected chi connectivity index (χ0v) is 13.4. The van der Waals surface area contributed by atoms with Crippen molar-refractivity contribution in [1.29, 1.82) is 0 Å². The molecule has 6 heteroatoms. The molecule has 2 aromatic rings. The second-order valence-electron chi connectivity index (χ2n) is 5.72. The van der Waals surface area contributed by atoms with E-state index in [0.717, 1.165) is 0 Å². The van der Waals surface area contributed by atoms with Gasteiger partial charge in [-0.2, -0.15) is 0 Å². The van der Waals surface area contributed by atoms with Crippen molar-refractivity contribution in [3.63, 3.8) is 0 Å². The number of benzene rings is 1. The van der Waals surface area contributed by atoms with Gasteiger partial charge in [-0.25, -0.2) is 4.39 Å². The second kappa shape index (κ2) is 7.17. The Balaban J connectivity index is 2.32. The second-order valence-corrected chi connectivity index (χ2v) is 5.72. The first-order valence-corrected chi connectivity index (χ1v) is 7.32. The van der Waals surface area contributed by atoms with E-state index in [-0.39, 0.29) is 18.4 Å². The maximum Gasteiger partial charge on any atom is 0.325 e. The topological polar surface area (TPSA) is 59.5 Å². The van der Waals surface area contributed by atoms with Crippen molar-refractivity contribution in [1.82, 2.24) is 9.88 Å². The van der Waals surface area contributed by atoms with Crippen molar-refractivity contribution in [2.45, 2.75) is 13.8 Å². The van der Waals surface area contributed by atoms with Gasteiger partial charge in [0.05, 0.1) is 18.2 Å². The average Bonchev–Trinajstić information content (AvgIpc) is 2.52. The molecule has 1 aromatic heterocycles. The number of fused-ring (bicyclic) bond motifs is 1. The summed E-state index contributed by atoms with van der Waals surface area (Å²) in [5.74, 6) is -1.02. The Kier molecular flexibility index (Phi) is 5.26. The van der Waals surface area contributed by atoms with Crippen molar-refractivity contribution in [3.8, 4) is 0 Å². The molecule has 23 heavy (non-hydrogen) atoms. The van der Waals surface area contributed by atoms with Crippen LogP contribution in [0.4, 0.5) is 4.39 Å². The Morgan fingerprint density at radius 3 is 2.70 bits per heavy atom. The number of esters is 1. The molecular weight excluding hydrogens is 299 g/mol. The number of carbonyl (C=O) groups is 2. The number of amides is 1. The fourth-order valence-electron chi connectivity index (χ4n) is 2.28. The van der Waals surface area contributed by atoms with E-state index < -0.39 is 11.8 Å². The van der Waals surface area contributed by atoms with Crippen LogP contribution in [-0.2, 0) is 9.53 Å². The van der Waals surface area contributed by atoms with E-state index in [2.05, 4.69) is 9.72 Å². The summed E-state index contributed by atoms with van der Waals surface area (Å²) in [5.41, 5.74) is 0.916. The first-order valence-electron chi connectivity index (χ1n) is 7.32. The quantitative estimate of drug-likeness (QED) is 0.795. The number of hydrogen-bond donors (Lipinski definition) is 0. The van der Waals surface area contributed by atoms with Crippen LogP contribution in [0.2, 0.25) is 0 Å². The van der Waals surface area contributed by atoms with Crippen LogP contribution in [-0.4, -0.2) is 42.0 Å². The summed E-state index contributed by atoms with van der Waals surface area (Å²) >= 11 is 0. The van der Waals surface area contributed by atoms with Crippen molar-refractivity contribution < 1.29 is 18.7 Å². The first-order chi connectivity index (χ1) is 10.9. The Morgan fingerprint density at radius 2 is 2.04 bits per heavy atom. The molecule has 0 unspecified atom stereocenters. The van der Waals surface area contributed by atoms with E-state index in [4.69, 9.17) is 0 Å². The van der Waals surface area contributed by atoms with Crippen molar-refractivity contribution in [2.75, 3.05) is 20.2 Å². The van der Waals surface area contributed by atoms with Gasteiger partial charge in [0, 0.05) is 18.1 Å². The summed E-state index contributed by atoms with van der Waals surface area (Å²) in [6.07, 6.45) is 1.44. The fourth-order valence-corrected chi connectivity index (χ4v) is 2.28. The van der Waals surface area contributed by atoms with Crippen molar-refractivity contribution in [2.24, 2.45) is 5.92 Å². The molecule has 0 atom stereocenters. The summed E-state index contributed by atoms with van der Waals surface area (Å²) in [4.78, 5) is 29.7. The van der Waals surface area contributed by atoms with Gasteiger partial charge in [0.25, 0.3) is 5.91 Å². The summed E-state index contributed by atoms with van der Waals surface area (Å²) in [5, 5.41) is 0.540. The number of rotatable bonds is 5. The Labute approximate surface area is 134 Å². The summed E-state index contributed by atoms with van der Waals surface area (Å²) in [6, 6.07) is 5.78. The highest BCUT2D eigenvalue weighted by Crippen LogP contribution is 2.16. The Hall–Kier alpha value is -2.50. The van der Waals surface area contributed by atoms with E-state index in [0.29, 0.717) is 23.0 Å². The van der Waals surface area contributed by atoms with Gasteiger partial charge < -0.3 is 9.64 Å². The average molecular weight is 318 g/mol. The number of methoxy groups -OCH3 is 1. The zero-order valence-electron chi connectivity index (χ0n) is 13.4. The summed E-state index contributed by atoms with van der Waals surface area (Å²) < 4.78 is 18.0. The van der Waals surface area contributed by atoms with Gasteiger partial charge in [0.15, 0.2) is 0 Å². The third-order valence-corrected chi connectivity index (χ3v) is 3.31. The monoisotopic (exact) mass is 318 g/mol. The molecule has 5 nitrogen and oxygen atoms in total. The van der Waals surface area contributed by atoms with Gasteiger partial charge in [-0.15, -0.1) is 0 Å². The molecule has 1 aromatic carbocycles. The molecular formula is C17H19FN2O3. The lowest BCUT2D eigenvalue weighted by molar-refractivity contribution is -0.141. The van der Waals surface area contributed by atoms with Gasteiger partial charge >= 0.3 is 5.97 Å². The maximum atomic E-state index is 13.3. The normalized spacial score (nSPS) is 10.8. The number of hydrogen-bond acceptors (Lipinski definition) is 4. The number of ether oxygens (including phenoxy) is 1. The molecule has 0 bridgehead atoms. The van der Waals surface area contributed by atoms with Crippen LogP contribution in [0.15, 0.2) is 30.5 Å². The summed E-state index contributed by atoms with van der Waals surface area (Å²) in [7, 11) is 1.28. The number of halogens is 1. The maximum absolute atomic E-state index is 13.3. The Morgan fingerprint density at radius 1 is 1.30 bits per heavy atom. The number of pyridine rings is 1. The minimum absolute atomic E-state index is 0.130. The van der Waals surface area contributed by atoms with Crippen LogP contribution >= 0.6 is 0 Å².